The summed E-state index contributed by atoms with van der Waals surface area (Å²) < 4.78 is 1.85. The summed E-state index contributed by atoms with van der Waals surface area (Å²) >= 11 is 17.7. The Morgan fingerprint density at radius 1 is 1.04 bits per heavy atom. The monoisotopic (exact) mass is 415 g/mol. The van der Waals surface area contributed by atoms with Crippen LogP contribution in [-0.2, 0) is 4.79 Å². The minimum absolute atomic E-state index is 0.0463. The Kier molecular flexibility index (Phi) is 5.88. The predicted octanol–water partition coefficient (Wildman–Crippen LogP) is 5.98. The Balaban J connectivity index is 1.87. The molecule has 0 aliphatic heterocycles. The van der Waals surface area contributed by atoms with Gasteiger partial charge in [-0.3, -0.25) is 4.79 Å². The first-order valence-corrected chi connectivity index (χ1v) is 8.93. The molecular formula is C20H12Cl3N3O. The van der Waals surface area contributed by atoms with Crippen LogP contribution in [0.5, 0.6) is 0 Å². The number of nitrogens with zero attached hydrogens (tertiary/aromatic N) is 2. The van der Waals surface area contributed by atoms with Crippen LogP contribution in [-0.4, -0.2) is 10.5 Å². The number of carbonyl (C=O) groups excluding carboxylic acids is 1. The lowest BCUT2D eigenvalue weighted by molar-refractivity contribution is -0.112. The Morgan fingerprint density at radius 3 is 2.44 bits per heavy atom. The van der Waals surface area contributed by atoms with Crippen LogP contribution in [0.3, 0.4) is 0 Å². The third-order valence-corrected chi connectivity index (χ3v) is 4.71. The van der Waals surface area contributed by atoms with Gasteiger partial charge in [-0.1, -0.05) is 34.8 Å². The molecule has 1 amide bonds. The lowest BCUT2D eigenvalue weighted by Gasteiger charge is -2.08. The highest BCUT2D eigenvalue weighted by Crippen LogP contribution is 2.25. The van der Waals surface area contributed by atoms with Gasteiger partial charge in [-0.15, -0.1) is 0 Å². The van der Waals surface area contributed by atoms with Crippen molar-refractivity contribution < 1.29 is 4.79 Å². The highest BCUT2D eigenvalue weighted by molar-refractivity contribution is 6.42. The number of carbonyl (C=O) groups is 1. The smallest absolute Gasteiger partial charge is 0.266 e. The first-order valence-electron chi connectivity index (χ1n) is 7.79. The molecule has 0 saturated heterocycles. The molecule has 0 aliphatic carbocycles. The van der Waals surface area contributed by atoms with Gasteiger partial charge in [0.05, 0.1) is 10.0 Å². The van der Waals surface area contributed by atoms with E-state index in [1.54, 1.807) is 30.3 Å². The molecule has 7 heteroatoms. The van der Waals surface area contributed by atoms with Gasteiger partial charge in [0.1, 0.15) is 11.6 Å². The third-order valence-electron chi connectivity index (χ3n) is 3.72. The normalized spacial score (nSPS) is 11.1. The quantitative estimate of drug-likeness (QED) is 0.420. The van der Waals surface area contributed by atoms with Crippen LogP contribution in [0.1, 0.15) is 5.69 Å². The molecule has 27 heavy (non-hydrogen) atoms. The maximum atomic E-state index is 12.5. The summed E-state index contributed by atoms with van der Waals surface area (Å²) in [5, 5.41) is 13.4. The second-order valence-electron chi connectivity index (χ2n) is 5.53. The van der Waals surface area contributed by atoms with Crippen molar-refractivity contribution in [3.8, 4) is 11.8 Å². The van der Waals surface area contributed by atoms with E-state index in [2.05, 4.69) is 5.32 Å². The molecule has 0 aliphatic rings. The van der Waals surface area contributed by atoms with E-state index < -0.39 is 5.91 Å². The van der Waals surface area contributed by atoms with Crippen molar-refractivity contribution in [3.63, 3.8) is 0 Å². The Hall–Kier alpha value is -2.71. The second-order valence-corrected chi connectivity index (χ2v) is 6.78. The van der Waals surface area contributed by atoms with Gasteiger partial charge in [-0.25, -0.2) is 0 Å². The molecule has 0 fully saturated rings. The topological polar surface area (TPSA) is 57.8 Å². The van der Waals surface area contributed by atoms with E-state index in [0.717, 1.165) is 5.69 Å². The van der Waals surface area contributed by atoms with E-state index in [-0.39, 0.29) is 5.57 Å². The van der Waals surface area contributed by atoms with Crippen LogP contribution >= 0.6 is 34.8 Å². The summed E-state index contributed by atoms with van der Waals surface area (Å²) in [4.78, 5) is 12.5. The largest absolute Gasteiger partial charge is 0.321 e. The third kappa shape index (κ3) is 4.53. The summed E-state index contributed by atoms with van der Waals surface area (Å²) in [7, 11) is 0. The number of amides is 1. The number of halogens is 3. The van der Waals surface area contributed by atoms with Gasteiger partial charge in [0.15, 0.2) is 0 Å². The van der Waals surface area contributed by atoms with Crippen LogP contribution < -0.4 is 5.32 Å². The lowest BCUT2D eigenvalue weighted by Crippen LogP contribution is -2.13. The standard InChI is InChI=1S/C20H12Cl3N3O/c21-14-3-6-16(7-4-14)26-9-1-2-17(26)10-13(12-24)20(27)25-15-5-8-18(22)19(23)11-15/h1-11H,(H,25,27)/b13-10-. The van der Waals surface area contributed by atoms with Crippen molar-refractivity contribution in [1.82, 2.24) is 4.57 Å². The molecular weight excluding hydrogens is 405 g/mol. The average Bonchev–Trinajstić information content (AvgIpc) is 3.11. The Bertz CT molecular complexity index is 1060. The van der Waals surface area contributed by atoms with E-state index in [0.29, 0.717) is 26.4 Å². The summed E-state index contributed by atoms with van der Waals surface area (Å²) in [6.45, 7) is 0. The maximum Gasteiger partial charge on any atom is 0.266 e. The van der Waals surface area contributed by atoms with Gasteiger partial charge in [-0.05, 0) is 60.7 Å². The van der Waals surface area contributed by atoms with Gasteiger partial charge in [0.25, 0.3) is 5.91 Å². The van der Waals surface area contributed by atoms with Gasteiger partial charge in [-0.2, -0.15) is 5.26 Å². The van der Waals surface area contributed by atoms with Gasteiger partial charge < -0.3 is 9.88 Å². The number of hydrogen-bond acceptors (Lipinski definition) is 2. The first-order chi connectivity index (χ1) is 13.0. The van der Waals surface area contributed by atoms with Crippen molar-refractivity contribution in [1.29, 1.82) is 5.26 Å². The molecule has 0 unspecified atom stereocenters. The Morgan fingerprint density at radius 2 is 1.78 bits per heavy atom. The molecule has 1 heterocycles. The number of hydrogen-bond donors (Lipinski definition) is 1. The first kappa shape index (κ1) is 19.1. The van der Waals surface area contributed by atoms with E-state index >= 15 is 0 Å². The number of nitriles is 1. The summed E-state index contributed by atoms with van der Waals surface area (Å²) in [5.74, 6) is -0.542. The maximum absolute atomic E-state index is 12.5. The van der Waals surface area contributed by atoms with Crippen molar-refractivity contribution in [3.05, 3.63) is 87.1 Å². The lowest BCUT2D eigenvalue weighted by atomic mass is 10.2. The molecule has 0 radical (unpaired) electrons. The minimum Gasteiger partial charge on any atom is -0.321 e. The molecule has 0 saturated carbocycles. The van der Waals surface area contributed by atoms with Crippen molar-refractivity contribution in [2.45, 2.75) is 0 Å². The molecule has 1 aromatic heterocycles. The van der Waals surface area contributed by atoms with Crippen LogP contribution in [0, 0.1) is 11.3 Å². The van der Waals surface area contributed by atoms with E-state index in [1.807, 2.05) is 35.0 Å². The molecule has 3 aromatic rings. The second kappa shape index (κ2) is 8.32. The number of anilines is 1. The summed E-state index contributed by atoms with van der Waals surface area (Å²) in [5.41, 5.74) is 1.94. The van der Waals surface area contributed by atoms with Crippen molar-refractivity contribution in [2.75, 3.05) is 5.32 Å². The van der Waals surface area contributed by atoms with Crippen molar-refractivity contribution in [2.24, 2.45) is 0 Å². The molecule has 2 aromatic carbocycles. The minimum atomic E-state index is -0.542. The van der Waals surface area contributed by atoms with Crippen molar-refractivity contribution >= 4 is 52.5 Å². The summed E-state index contributed by atoms with van der Waals surface area (Å²) in [6.07, 6.45) is 3.35. The van der Waals surface area contributed by atoms with E-state index in [1.165, 1.54) is 12.1 Å². The number of rotatable bonds is 4. The van der Waals surface area contributed by atoms with Gasteiger partial charge >= 0.3 is 0 Å². The molecule has 0 spiro atoms. The van der Waals surface area contributed by atoms with Crippen LogP contribution in [0.2, 0.25) is 15.1 Å². The predicted molar refractivity (Wildman–Crippen MR) is 109 cm³/mol. The fraction of sp³-hybridized carbons (Fsp3) is 0. The number of aromatic nitrogens is 1. The van der Waals surface area contributed by atoms with Gasteiger partial charge in [0.2, 0.25) is 0 Å². The number of benzene rings is 2. The van der Waals surface area contributed by atoms with Crippen LogP contribution in [0.15, 0.2) is 66.4 Å². The van der Waals surface area contributed by atoms with Gasteiger partial charge in [0, 0.05) is 28.3 Å². The van der Waals surface area contributed by atoms with E-state index in [4.69, 9.17) is 34.8 Å². The molecule has 4 nitrogen and oxygen atoms in total. The molecule has 0 atom stereocenters. The summed E-state index contributed by atoms with van der Waals surface area (Å²) in [6, 6.07) is 17.5. The Labute approximate surface area is 171 Å². The fourth-order valence-corrected chi connectivity index (χ4v) is 2.84. The highest BCUT2D eigenvalue weighted by atomic mass is 35.5. The zero-order valence-corrected chi connectivity index (χ0v) is 16.1. The highest BCUT2D eigenvalue weighted by Gasteiger charge is 2.12. The average molecular weight is 417 g/mol. The van der Waals surface area contributed by atoms with Crippen LogP contribution in [0.25, 0.3) is 11.8 Å². The molecule has 3 rings (SSSR count). The fourth-order valence-electron chi connectivity index (χ4n) is 2.42. The van der Waals surface area contributed by atoms with Crippen LogP contribution in [0.4, 0.5) is 5.69 Å². The molecule has 134 valence electrons. The zero-order valence-electron chi connectivity index (χ0n) is 13.8. The SMILES string of the molecule is N#C/C(=C/c1cccn1-c1ccc(Cl)cc1)C(=O)Nc1ccc(Cl)c(Cl)c1. The molecule has 1 N–H and O–H groups in total. The molecule has 0 bridgehead atoms. The zero-order chi connectivity index (χ0) is 19.4. The van der Waals surface area contributed by atoms with E-state index in [9.17, 15) is 10.1 Å². The number of nitrogens with one attached hydrogen (secondary N) is 1.